The maximum absolute atomic E-state index is 13.1. The number of esters is 4. The first-order valence-electron chi connectivity index (χ1n) is 40.8. The standard InChI is InChI=1S/C85H146O17P2/c1-5-9-13-17-21-25-29-33-37-38-39-40-44-46-50-54-58-62-66-70-83(88)96-76-81(102-85(90)72-68-64-60-56-52-48-43-36-32-28-24-20-16-12-8-4)78-100-104(93,94)98-74-79(86)73-97-103(91,92)99-77-80(101-84(89)71-67-63-59-55-51-47-42-35-31-27-23-19-15-11-7-3)75-95-82(87)69-65-61-57-53-49-45-41-34-30-26-22-18-14-10-6-2/h9,13,21-22,24-28,31,33-34,36-37,39-41,43,46,50,79-81,86H,5-8,10-12,14-20,23,29-30,32,35,38,42,44-45,47-49,51-78H2,1-4H3,(H,91,92)(H,93,94)/b13-9-,25-21-,26-22-,28-24-,31-27-,37-33-,40-39-,41-34-,43-36-,50-46-/t79?,80-,81-/m1/s1. The highest BCUT2D eigenvalue weighted by Gasteiger charge is 2.30. The molecule has 0 spiro atoms. The second kappa shape index (κ2) is 76.6. The minimum atomic E-state index is -4.99. The van der Waals surface area contributed by atoms with Crippen LogP contribution in [0.1, 0.15) is 336 Å². The Bertz CT molecular complexity index is 2440. The lowest BCUT2D eigenvalue weighted by atomic mass is 10.1. The Balaban J connectivity index is 5.41. The molecule has 0 aromatic carbocycles. The number of hydrogen-bond donors (Lipinski definition) is 3. The Labute approximate surface area is 632 Å². The second-order valence-electron chi connectivity index (χ2n) is 27.0. The van der Waals surface area contributed by atoms with Crippen LogP contribution in [0, 0.1) is 0 Å². The van der Waals surface area contributed by atoms with Crippen molar-refractivity contribution >= 4 is 39.5 Å². The third-order valence-electron chi connectivity index (χ3n) is 16.9. The zero-order chi connectivity index (χ0) is 76.0. The number of allylic oxidation sites excluding steroid dienone is 20. The number of ether oxygens (including phenoxy) is 4. The van der Waals surface area contributed by atoms with Gasteiger partial charge in [-0.2, -0.15) is 0 Å². The summed E-state index contributed by atoms with van der Waals surface area (Å²) in [6.07, 6.45) is 84.5. The van der Waals surface area contributed by atoms with Gasteiger partial charge in [-0.05, 0) is 161 Å². The van der Waals surface area contributed by atoms with Crippen molar-refractivity contribution in [2.45, 2.75) is 354 Å². The van der Waals surface area contributed by atoms with Crippen LogP contribution in [0.4, 0.5) is 0 Å². The van der Waals surface area contributed by atoms with Gasteiger partial charge in [0, 0.05) is 25.7 Å². The Morgan fingerprint density at radius 2 is 0.500 bits per heavy atom. The SMILES string of the molecule is CC/C=C\C/C=C\C/C=C\C/C=C\C/C=C\CCCCCC(=O)OC[C@H](COP(=O)(O)OCC(O)COP(=O)(O)OC[C@@H](COC(=O)CCCCCCC/C=C\C/C=C\CCCCC)OC(=O)CCCCCCCCC/C=C\CCCCCC)OC(=O)CCCCCCC/C=C\C/C=C\CCCCC. The molecule has 0 rings (SSSR count). The van der Waals surface area contributed by atoms with Crippen LogP contribution in [0.25, 0.3) is 0 Å². The number of phosphoric acid groups is 2. The van der Waals surface area contributed by atoms with Crippen molar-refractivity contribution in [1.82, 2.24) is 0 Å². The van der Waals surface area contributed by atoms with E-state index in [2.05, 4.69) is 149 Å². The van der Waals surface area contributed by atoms with E-state index in [0.717, 1.165) is 193 Å². The molecule has 0 aliphatic carbocycles. The quantitative estimate of drug-likeness (QED) is 0.0169. The van der Waals surface area contributed by atoms with E-state index in [1.165, 1.54) is 64.2 Å². The van der Waals surface area contributed by atoms with Crippen LogP contribution in [-0.2, 0) is 65.4 Å². The van der Waals surface area contributed by atoms with Crippen molar-refractivity contribution in [1.29, 1.82) is 0 Å². The van der Waals surface area contributed by atoms with Crippen LogP contribution in [-0.4, -0.2) is 96.7 Å². The molecule has 17 nitrogen and oxygen atoms in total. The fourth-order valence-electron chi connectivity index (χ4n) is 10.7. The molecule has 19 heteroatoms. The fourth-order valence-corrected chi connectivity index (χ4v) is 12.2. The van der Waals surface area contributed by atoms with Gasteiger partial charge in [0.2, 0.25) is 0 Å². The number of unbranched alkanes of at least 4 members (excludes halogenated alkanes) is 30. The first-order chi connectivity index (χ1) is 50.7. The van der Waals surface area contributed by atoms with Gasteiger partial charge < -0.3 is 33.8 Å². The molecule has 0 saturated carbocycles. The van der Waals surface area contributed by atoms with Crippen LogP contribution in [0.5, 0.6) is 0 Å². The Kier molecular flexibility index (Phi) is 73.3. The molecule has 0 aliphatic rings. The Hall–Kier alpha value is -4.54. The van der Waals surface area contributed by atoms with Crippen molar-refractivity contribution < 1.29 is 80.2 Å². The van der Waals surface area contributed by atoms with E-state index in [-0.39, 0.29) is 25.7 Å². The number of rotatable bonds is 76. The molecular weight excluding hydrogens is 1350 g/mol. The molecule has 104 heavy (non-hydrogen) atoms. The predicted molar refractivity (Wildman–Crippen MR) is 427 cm³/mol. The summed E-state index contributed by atoms with van der Waals surface area (Å²) < 4.78 is 68.6. The number of hydrogen-bond acceptors (Lipinski definition) is 15. The number of aliphatic hydroxyl groups excluding tert-OH is 1. The van der Waals surface area contributed by atoms with Crippen LogP contribution >= 0.6 is 15.6 Å². The largest absolute Gasteiger partial charge is 0.472 e. The molecule has 0 aromatic heterocycles. The average molecular weight is 1500 g/mol. The first-order valence-corrected chi connectivity index (χ1v) is 43.8. The molecule has 0 radical (unpaired) electrons. The highest BCUT2D eigenvalue weighted by molar-refractivity contribution is 7.47. The fraction of sp³-hybridized carbons (Fsp3) is 0.718. The molecule has 0 aliphatic heterocycles. The van der Waals surface area contributed by atoms with E-state index in [1.807, 2.05) is 0 Å². The average Bonchev–Trinajstić information content (AvgIpc) is 0.918. The number of carbonyl (C=O) groups excluding carboxylic acids is 4. The molecule has 0 saturated heterocycles. The summed E-state index contributed by atoms with van der Waals surface area (Å²) in [6.45, 7) is 4.65. The zero-order valence-corrected chi connectivity index (χ0v) is 67.2. The molecule has 0 aromatic rings. The molecule has 0 amide bonds. The minimum absolute atomic E-state index is 0.0690. The summed E-state index contributed by atoms with van der Waals surface area (Å²) in [5.41, 5.74) is 0. The predicted octanol–water partition coefficient (Wildman–Crippen LogP) is 23.9. The van der Waals surface area contributed by atoms with E-state index in [4.69, 9.17) is 37.0 Å². The van der Waals surface area contributed by atoms with Gasteiger partial charge in [0.05, 0.1) is 26.4 Å². The molecule has 0 bridgehead atoms. The molecule has 3 unspecified atom stereocenters. The maximum atomic E-state index is 13.1. The third kappa shape index (κ3) is 75.7. The summed E-state index contributed by atoms with van der Waals surface area (Å²) in [5.74, 6) is -2.24. The van der Waals surface area contributed by atoms with Gasteiger partial charge in [-0.15, -0.1) is 0 Å². The number of phosphoric ester groups is 2. The highest BCUT2D eigenvalue weighted by atomic mass is 31.2. The first kappa shape index (κ1) is 99.5. The summed E-state index contributed by atoms with van der Waals surface area (Å²) in [5, 5.41) is 10.6. The normalized spacial score (nSPS) is 14.5. The smallest absolute Gasteiger partial charge is 0.462 e. The molecule has 3 N–H and O–H groups in total. The molecular formula is C85H146O17P2. The lowest BCUT2D eigenvalue weighted by molar-refractivity contribution is -0.161. The van der Waals surface area contributed by atoms with Crippen LogP contribution in [0.15, 0.2) is 122 Å². The summed E-state index contributed by atoms with van der Waals surface area (Å²) in [6, 6.07) is 0. The lowest BCUT2D eigenvalue weighted by Gasteiger charge is -2.21. The van der Waals surface area contributed by atoms with Crippen LogP contribution in [0.2, 0.25) is 0 Å². The molecule has 5 atom stereocenters. The van der Waals surface area contributed by atoms with E-state index >= 15 is 0 Å². The van der Waals surface area contributed by atoms with Gasteiger partial charge in [-0.3, -0.25) is 37.3 Å². The molecule has 598 valence electrons. The molecule has 0 heterocycles. The summed E-state index contributed by atoms with van der Waals surface area (Å²) in [4.78, 5) is 73.1. The van der Waals surface area contributed by atoms with Crippen LogP contribution in [0.3, 0.4) is 0 Å². The summed E-state index contributed by atoms with van der Waals surface area (Å²) >= 11 is 0. The number of carbonyl (C=O) groups is 4. The van der Waals surface area contributed by atoms with Gasteiger partial charge in [0.25, 0.3) is 0 Å². The Morgan fingerprint density at radius 1 is 0.279 bits per heavy atom. The lowest BCUT2D eigenvalue weighted by Crippen LogP contribution is -2.30. The third-order valence-corrected chi connectivity index (χ3v) is 18.8. The van der Waals surface area contributed by atoms with Gasteiger partial charge in [-0.1, -0.05) is 271 Å². The van der Waals surface area contributed by atoms with Crippen molar-refractivity contribution in [2.24, 2.45) is 0 Å². The monoisotopic (exact) mass is 1500 g/mol. The van der Waals surface area contributed by atoms with E-state index in [0.29, 0.717) is 25.7 Å². The van der Waals surface area contributed by atoms with Gasteiger partial charge in [0.1, 0.15) is 19.3 Å². The van der Waals surface area contributed by atoms with Gasteiger partial charge >= 0.3 is 39.5 Å². The van der Waals surface area contributed by atoms with Crippen molar-refractivity contribution in [2.75, 3.05) is 39.6 Å². The Morgan fingerprint density at radius 3 is 0.808 bits per heavy atom. The van der Waals surface area contributed by atoms with Crippen LogP contribution < -0.4 is 0 Å². The van der Waals surface area contributed by atoms with Crippen molar-refractivity contribution in [3.8, 4) is 0 Å². The molecule has 0 fully saturated rings. The second-order valence-corrected chi connectivity index (χ2v) is 29.9. The maximum Gasteiger partial charge on any atom is 0.472 e. The topological polar surface area (TPSA) is 237 Å². The zero-order valence-electron chi connectivity index (χ0n) is 65.4. The van der Waals surface area contributed by atoms with E-state index in [1.54, 1.807) is 0 Å². The van der Waals surface area contributed by atoms with E-state index < -0.39 is 97.5 Å². The summed E-state index contributed by atoms with van der Waals surface area (Å²) in [7, 11) is -9.98. The highest BCUT2D eigenvalue weighted by Crippen LogP contribution is 2.45. The minimum Gasteiger partial charge on any atom is -0.462 e. The number of aliphatic hydroxyl groups is 1. The van der Waals surface area contributed by atoms with Gasteiger partial charge in [0.15, 0.2) is 12.2 Å². The van der Waals surface area contributed by atoms with Gasteiger partial charge in [-0.25, -0.2) is 9.13 Å². The van der Waals surface area contributed by atoms with E-state index in [9.17, 15) is 43.2 Å². The van der Waals surface area contributed by atoms with Crippen molar-refractivity contribution in [3.05, 3.63) is 122 Å². The van der Waals surface area contributed by atoms with Crippen molar-refractivity contribution in [3.63, 3.8) is 0 Å².